The van der Waals surface area contributed by atoms with Gasteiger partial charge < -0.3 is 14.7 Å². The summed E-state index contributed by atoms with van der Waals surface area (Å²) in [7, 11) is 0. The molecule has 0 bridgehead atoms. The number of carbonyl (C=O) groups is 2. The number of fused-ring (bicyclic) bond motifs is 2. The summed E-state index contributed by atoms with van der Waals surface area (Å²) in [5.74, 6) is -1.44. The number of carboxylic acids is 1. The van der Waals surface area contributed by atoms with Gasteiger partial charge in [-0.1, -0.05) is 74.8 Å². The van der Waals surface area contributed by atoms with Crippen LogP contribution in [0.5, 0.6) is 0 Å². The van der Waals surface area contributed by atoms with Gasteiger partial charge in [0.1, 0.15) is 12.2 Å². The standard InChI is InChI=1S/C26H26ClNO4/c1-26(2,3)15-28-21-12-11-17(27)13-20(21)24(32-22(25(28)31)14-23(29)30)19-10-6-8-16-7-4-5-9-18(16)19/h4-13,22,24H,14-15H2,1-3H3,(H,29,30)/t22-,24-/m1/s1. The van der Waals surface area contributed by atoms with Crippen LogP contribution in [0.2, 0.25) is 5.02 Å². The number of aliphatic carboxylic acids is 1. The maximum Gasteiger partial charge on any atom is 0.306 e. The number of carboxylic acid groups (broad SMARTS) is 1. The summed E-state index contributed by atoms with van der Waals surface area (Å²) >= 11 is 6.39. The van der Waals surface area contributed by atoms with E-state index in [0.29, 0.717) is 17.3 Å². The van der Waals surface area contributed by atoms with E-state index in [1.54, 1.807) is 11.0 Å². The van der Waals surface area contributed by atoms with Gasteiger partial charge in [-0.2, -0.15) is 0 Å². The highest BCUT2D eigenvalue weighted by Gasteiger charge is 2.39. The summed E-state index contributed by atoms with van der Waals surface area (Å²) in [5.41, 5.74) is 2.10. The van der Waals surface area contributed by atoms with Crippen molar-refractivity contribution in [1.29, 1.82) is 0 Å². The number of carbonyl (C=O) groups excluding carboxylic acids is 1. The normalized spacial score (nSPS) is 19.0. The highest BCUT2D eigenvalue weighted by Crippen LogP contribution is 2.42. The Morgan fingerprint density at radius 1 is 1.06 bits per heavy atom. The SMILES string of the molecule is CC(C)(C)CN1C(=O)[C@@H](CC(=O)O)O[C@H](c2cccc3ccccc23)c2cc(Cl)ccc21. The lowest BCUT2D eigenvalue weighted by atomic mass is 9.93. The van der Waals surface area contributed by atoms with Gasteiger partial charge in [0.2, 0.25) is 0 Å². The minimum absolute atomic E-state index is 0.209. The average Bonchev–Trinajstić information content (AvgIpc) is 2.82. The summed E-state index contributed by atoms with van der Waals surface area (Å²) < 4.78 is 6.32. The van der Waals surface area contributed by atoms with E-state index in [1.165, 1.54) is 0 Å². The monoisotopic (exact) mass is 451 g/mol. The Morgan fingerprint density at radius 3 is 2.50 bits per heavy atom. The maximum atomic E-state index is 13.6. The van der Waals surface area contributed by atoms with E-state index in [1.807, 2.05) is 75.4 Å². The minimum Gasteiger partial charge on any atom is -0.481 e. The van der Waals surface area contributed by atoms with Crippen LogP contribution in [0.15, 0.2) is 60.7 Å². The van der Waals surface area contributed by atoms with E-state index in [0.717, 1.165) is 21.9 Å². The average molecular weight is 452 g/mol. The molecule has 6 heteroatoms. The summed E-state index contributed by atoms with van der Waals surface area (Å²) in [6.07, 6.45) is -2.18. The van der Waals surface area contributed by atoms with Gasteiger partial charge in [-0.15, -0.1) is 0 Å². The van der Waals surface area contributed by atoms with Gasteiger partial charge >= 0.3 is 5.97 Å². The molecule has 1 heterocycles. The first-order valence-corrected chi connectivity index (χ1v) is 11.0. The van der Waals surface area contributed by atoms with Gasteiger partial charge in [0, 0.05) is 22.8 Å². The number of hydrogen-bond donors (Lipinski definition) is 1. The van der Waals surface area contributed by atoms with Gasteiger partial charge in [0.05, 0.1) is 6.42 Å². The van der Waals surface area contributed by atoms with E-state index in [4.69, 9.17) is 16.3 Å². The number of hydrogen-bond acceptors (Lipinski definition) is 3. The van der Waals surface area contributed by atoms with Gasteiger partial charge in [0.25, 0.3) is 5.91 Å². The van der Waals surface area contributed by atoms with Crippen molar-refractivity contribution in [1.82, 2.24) is 0 Å². The van der Waals surface area contributed by atoms with Gasteiger partial charge in [-0.3, -0.25) is 9.59 Å². The Kier molecular flexibility index (Phi) is 5.97. The zero-order valence-corrected chi connectivity index (χ0v) is 19.1. The maximum absolute atomic E-state index is 13.6. The van der Waals surface area contributed by atoms with E-state index in [-0.39, 0.29) is 11.3 Å². The van der Waals surface area contributed by atoms with Crippen LogP contribution in [-0.4, -0.2) is 29.6 Å². The highest BCUT2D eigenvalue weighted by atomic mass is 35.5. The van der Waals surface area contributed by atoms with Crippen LogP contribution < -0.4 is 4.90 Å². The predicted octanol–water partition coefficient (Wildman–Crippen LogP) is 5.84. The number of amides is 1. The zero-order chi connectivity index (χ0) is 23.0. The van der Waals surface area contributed by atoms with Gasteiger partial charge in [-0.05, 0) is 39.9 Å². The zero-order valence-electron chi connectivity index (χ0n) is 18.3. The van der Waals surface area contributed by atoms with E-state index in [9.17, 15) is 14.7 Å². The Hall–Kier alpha value is -2.89. The fourth-order valence-corrected chi connectivity index (χ4v) is 4.40. The molecule has 1 N–H and O–H groups in total. The first-order chi connectivity index (χ1) is 15.1. The Morgan fingerprint density at radius 2 is 1.78 bits per heavy atom. The molecule has 0 saturated heterocycles. The number of ether oxygens (including phenoxy) is 1. The minimum atomic E-state index is -1.12. The second kappa shape index (κ2) is 8.57. The second-order valence-corrected chi connectivity index (χ2v) is 9.80. The molecule has 0 unspecified atom stereocenters. The molecular formula is C26H26ClNO4. The van der Waals surface area contributed by atoms with Crippen LogP contribution >= 0.6 is 11.6 Å². The number of benzene rings is 3. The quantitative estimate of drug-likeness (QED) is 0.541. The Bertz CT molecular complexity index is 1180. The lowest BCUT2D eigenvalue weighted by Crippen LogP contribution is -2.44. The van der Waals surface area contributed by atoms with Crippen LogP contribution in [0.25, 0.3) is 10.8 Å². The smallest absolute Gasteiger partial charge is 0.306 e. The van der Waals surface area contributed by atoms with E-state index < -0.39 is 24.6 Å². The van der Waals surface area contributed by atoms with E-state index in [2.05, 4.69) is 0 Å². The lowest BCUT2D eigenvalue weighted by Gasteiger charge is -2.31. The number of nitrogens with zero attached hydrogens (tertiary/aromatic N) is 1. The van der Waals surface area contributed by atoms with Crippen molar-refractivity contribution in [3.63, 3.8) is 0 Å². The number of halogens is 1. The van der Waals surface area contributed by atoms with Crippen molar-refractivity contribution in [2.45, 2.75) is 39.4 Å². The molecule has 166 valence electrons. The summed E-state index contributed by atoms with van der Waals surface area (Å²) in [5, 5.41) is 12.1. The summed E-state index contributed by atoms with van der Waals surface area (Å²) in [6.45, 7) is 6.53. The van der Waals surface area contributed by atoms with Crippen molar-refractivity contribution in [2.75, 3.05) is 11.4 Å². The third-order valence-corrected chi connectivity index (χ3v) is 5.74. The number of rotatable bonds is 4. The van der Waals surface area contributed by atoms with Crippen molar-refractivity contribution in [3.8, 4) is 0 Å². The van der Waals surface area contributed by atoms with Crippen LogP contribution in [-0.2, 0) is 14.3 Å². The molecule has 0 aliphatic carbocycles. The molecule has 1 amide bonds. The van der Waals surface area contributed by atoms with Gasteiger partial charge in [-0.25, -0.2) is 0 Å². The Balaban J connectivity index is 1.96. The third-order valence-electron chi connectivity index (χ3n) is 5.50. The van der Waals surface area contributed by atoms with Crippen molar-refractivity contribution in [3.05, 3.63) is 76.8 Å². The number of anilines is 1. The van der Waals surface area contributed by atoms with Crippen LogP contribution in [0.3, 0.4) is 0 Å². The second-order valence-electron chi connectivity index (χ2n) is 9.36. The molecule has 0 fully saturated rings. The highest BCUT2D eigenvalue weighted by molar-refractivity contribution is 6.30. The van der Waals surface area contributed by atoms with Crippen molar-refractivity contribution >= 4 is 39.9 Å². The van der Waals surface area contributed by atoms with E-state index >= 15 is 0 Å². The molecule has 4 rings (SSSR count). The molecule has 32 heavy (non-hydrogen) atoms. The molecule has 0 aromatic heterocycles. The molecule has 3 aromatic carbocycles. The van der Waals surface area contributed by atoms with Gasteiger partial charge in [0.15, 0.2) is 0 Å². The first-order valence-electron chi connectivity index (χ1n) is 10.6. The molecule has 0 spiro atoms. The van der Waals surface area contributed by atoms with Crippen LogP contribution in [0.4, 0.5) is 5.69 Å². The molecule has 5 nitrogen and oxygen atoms in total. The largest absolute Gasteiger partial charge is 0.481 e. The molecule has 2 atom stereocenters. The van der Waals surface area contributed by atoms with Crippen molar-refractivity contribution in [2.24, 2.45) is 5.41 Å². The summed E-state index contributed by atoms with van der Waals surface area (Å²) in [4.78, 5) is 26.8. The molecular weight excluding hydrogens is 426 g/mol. The molecule has 0 radical (unpaired) electrons. The molecule has 3 aromatic rings. The lowest BCUT2D eigenvalue weighted by molar-refractivity contribution is -0.147. The van der Waals surface area contributed by atoms with Crippen LogP contribution in [0.1, 0.15) is 44.4 Å². The Labute approximate surface area is 192 Å². The summed E-state index contributed by atoms with van der Waals surface area (Å²) in [6, 6.07) is 19.2. The van der Waals surface area contributed by atoms with Crippen molar-refractivity contribution < 1.29 is 19.4 Å². The third kappa shape index (κ3) is 4.50. The van der Waals surface area contributed by atoms with Crippen LogP contribution in [0, 0.1) is 5.41 Å². The topological polar surface area (TPSA) is 66.8 Å². The molecule has 0 saturated carbocycles. The molecule has 1 aliphatic heterocycles. The fraction of sp³-hybridized carbons (Fsp3) is 0.308. The first kappa shape index (κ1) is 22.3. The fourth-order valence-electron chi connectivity index (χ4n) is 4.22. The molecule has 1 aliphatic rings. The predicted molar refractivity (Wildman–Crippen MR) is 126 cm³/mol.